The van der Waals surface area contributed by atoms with Crippen molar-refractivity contribution in [3.8, 4) is 0 Å². The summed E-state index contributed by atoms with van der Waals surface area (Å²) in [5, 5.41) is 2.48. The smallest absolute Gasteiger partial charge is 0.211 e. The first-order chi connectivity index (χ1) is 5.74. The summed E-state index contributed by atoms with van der Waals surface area (Å²) in [6.07, 6.45) is 0.600. The van der Waals surface area contributed by atoms with Crippen LogP contribution in [0.2, 0.25) is 0 Å². The van der Waals surface area contributed by atoms with Crippen molar-refractivity contribution in [2.45, 2.75) is 6.92 Å². The number of ketones is 1. The van der Waals surface area contributed by atoms with Crippen molar-refractivity contribution < 1.29 is 9.59 Å². The summed E-state index contributed by atoms with van der Waals surface area (Å²) in [5.74, 6) is 0.0210. The van der Waals surface area contributed by atoms with E-state index in [1.54, 1.807) is 24.3 Å². The van der Waals surface area contributed by atoms with Crippen molar-refractivity contribution in [3.63, 3.8) is 0 Å². The number of hydrogen-bond acceptors (Lipinski definition) is 2. The van der Waals surface area contributed by atoms with Crippen molar-refractivity contribution in [3.05, 3.63) is 29.8 Å². The molecule has 0 aliphatic heterocycles. The second-order valence-corrected chi connectivity index (χ2v) is 2.40. The fourth-order valence-corrected chi connectivity index (χ4v) is 0.869. The van der Waals surface area contributed by atoms with Gasteiger partial charge in [-0.25, -0.2) is 0 Å². The Kier molecular flexibility index (Phi) is 2.58. The molecule has 0 aliphatic carbocycles. The van der Waals surface area contributed by atoms with E-state index in [4.69, 9.17) is 0 Å². The van der Waals surface area contributed by atoms with E-state index in [0.29, 0.717) is 17.7 Å². The fraction of sp³-hybridized carbons (Fsp3) is 0.111. The Morgan fingerprint density at radius 3 is 2.33 bits per heavy atom. The third-order valence-electron chi connectivity index (χ3n) is 1.52. The lowest BCUT2D eigenvalue weighted by Gasteiger charge is -1.98. The Balaban J connectivity index is 2.85. The molecule has 0 atom stereocenters. The number of Topliss-reactive ketones (excluding diaryl/α,β-unsaturated/α-hetero) is 1. The van der Waals surface area contributed by atoms with Gasteiger partial charge in [-0.05, 0) is 31.2 Å². The maximum Gasteiger partial charge on any atom is 0.211 e. The number of carbonyl (C=O) groups excluding carboxylic acids is 2. The summed E-state index contributed by atoms with van der Waals surface area (Å²) in [7, 11) is 0. The fourth-order valence-electron chi connectivity index (χ4n) is 0.869. The molecule has 0 unspecified atom stereocenters. The molecular weight excluding hydrogens is 154 g/mol. The van der Waals surface area contributed by atoms with Crippen LogP contribution < -0.4 is 5.32 Å². The first-order valence-electron chi connectivity index (χ1n) is 3.55. The maximum atomic E-state index is 10.8. The van der Waals surface area contributed by atoms with Crippen LogP contribution >= 0.6 is 0 Å². The van der Waals surface area contributed by atoms with Crippen molar-refractivity contribution in [2.75, 3.05) is 5.32 Å². The van der Waals surface area contributed by atoms with Gasteiger partial charge in [-0.15, -0.1) is 0 Å². The minimum absolute atomic E-state index is 0.0210. The van der Waals surface area contributed by atoms with E-state index in [-0.39, 0.29) is 5.78 Å². The van der Waals surface area contributed by atoms with Gasteiger partial charge in [0.2, 0.25) is 6.41 Å². The minimum Gasteiger partial charge on any atom is -0.329 e. The van der Waals surface area contributed by atoms with Gasteiger partial charge in [0.15, 0.2) is 5.78 Å². The van der Waals surface area contributed by atoms with E-state index in [0.717, 1.165) is 0 Å². The molecule has 12 heavy (non-hydrogen) atoms. The molecule has 1 rings (SSSR count). The monoisotopic (exact) mass is 163 g/mol. The van der Waals surface area contributed by atoms with Gasteiger partial charge < -0.3 is 5.32 Å². The molecule has 0 bridgehead atoms. The molecule has 1 aromatic rings. The number of carbonyl (C=O) groups is 2. The van der Waals surface area contributed by atoms with E-state index >= 15 is 0 Å². The number of anilines is 1. The standard InChI is InChI=1S/C9H9NO2/c1-7(12)8-2-4-9(5-3-8)10-6-11/h2-6H,1H3,(H,10,11). The van der Waals surface area contributed by atoms with Crippen molar-refractivity contribution in [2.24, 2.45) is 0 Å². The highest BCUT2D eigenvalue weighted by atomic mass is 16.1. The van der Waals surface area contributed by atoms with Gasteiger partial charge in [-0.1, -0.05) is 0 Å². The lowest BCUT2D eigenvalue weighted by atomic mass is 10.1. The molecule has 62 valence electrons. The Morgan fingerprint density at radius 1 is 1.33 bits per heavy atom. The maximum absolute atomic E-state index is 10.8. The normalized spacial score (nSPS) is 9.08. The zero-order valence-electron chi connectivity index (χ0n) is 6.70. The predicted octanol–water partition coefficient (Wildman–Crippen LogP) is 1.46. The van der Waals surface area contributed by atoms with Crippen LogP contribution in [0.25, 0.3) is 0 Å². The van der Waals surface area contributed by atoms with Crippen LogP contribution in [-0.4, -0.2) is 12.2 Å². The third-order valence-corrected chi connectivity index (χ3v) is 1.52. The lowest BCUT2D eigenvalue weighted by molar-refractivity contribution is -0.105. The molecule has 0 saturated heterocycles. The van der Waals surface area contributed by atoms with Gasteiger partial charge in [0, 0.05) is 11.3 Å². The van der Waals surface area contributed by atoms with Crippen LogP contribution in [0.15, 0.2) is 24.3 Å². The van der Waals surface area contributed by atoms with Gasteiger partial charge in [-0.3, -0.25) is 9.59 Å². The summed E-state index contributed by atoms with van der Waals surface area (Å²) in [4.78, 5) is 20.8. The van der Waals surface area contributed by atoms with Crippen LogP contribution in [0.4, 0.5) is 5.69 Å². The van der Waals surface area contributed by atoms with Gasteiger partial charge in [-0.2, -0.15) is 0 Å². The molecule has 0 radical (unpaired) electrons. The number of rotatable bonds is 3. The lowest BCUT2D eigenvalue weighted by Crippen LogP contribution is -1.95. The average molecular weight is 163 g/mol. The van der Waals surface area contributed by atoms with E-state index in [9.17, 15) is 9.59 Å². The van der Waals surface area contributed by atoms with Crippen molar-refractivity contribution >= 4 is 17.9 Å². The van der Waals surface area contributed by atoms with Crippen LogP contribution in [0.3, 0.4) is 0 Å². The highest BCUT2D eigenvalue weighted by Crippen LogP contribution is 2.08. The van der Waals surface area contributed by atoms with Crippen LogP contribution in [-0.2, 0) is 4.79 Å². The van der Waals surface area contributed by atoms with Crippen LogP contribution in [0, 0.1) is 0 Å². The topological polar surface area (TPSA) is 46.2 Å². The molecule has 0 aromatic heterocycles. The first kappa shape index (κ1) is 8.46. The Morgan fingerprint density at radius 2 is 1.92 bits per heavy atom. The number of amides is 1. The first-order valence-corrected chi connectivity index (χ1v) is 3.55. The number of hydrogen-bond donors (Lipinski definition) is 1. The number of benzene rings is 1. The van der Waals surface area contributed by atoms with Crippen LogP contribution in [0.1, 0.15) is 17.3 Å². The SMILES string of the molecule is CC(=O)c1ccc(NC=O)cc1. The van der Waals surface area contributed by atoms with Gasteiger partial charge >= 0.3 is 0 Å². The molecular formula is C9H9NO2. The highest BCUT2D eigenvalue weighted by molar-refractivity contribution is 5.94. The molecule has 1 aromatic carbocycles. The minimum atomic E-state index is 0.0210. The quantitative estimate of drug-likeness (QED) is 0.541. The van der Waals surface area contributed by atoms with E-state index < -0.39 is 0 Å². The Labute approximate surface area is 70.4 Å². The second-order valence-electron chi connectivity index (χ2n) is 2.40. The van der Waals surface area contributed by atoms with Gasteiger partial charge in [0.1, 0.15) is 0 Å². The second kappa shape index (κ2) is 3.67. The average Bonchev–Trinajstić information content (AvgIpc) is 2.06. The number of nitrogens with one attached hydrogen (secondary N) is 1. The zero-order valence-corrected chi connectivity index (χ0v) is 6.70. The molecule has 0 saturated carbocycles. The summed E-state index contributed by atoms with van der Waals surface area (Å²) >= 11 is 0. The summed E-state index contributed by atoms with van der Waals surface area (Å²) in [5.41, 5.74) is 1.33. The predicted molar refractivity (Wildman–Crippen MR) is 46.1 cm³/mol. The van der Waals surface area contributed by atoms with Crippen LogP contribution in [0.5, 0.6) is 0 Å². The van der Waals surface area contributed by atoms with Gasteiger partial charge in [0.05, 0.1) is 0 Å². The van der Waals surface area contributed by atoms with E-state index in [1.807, 2.05) is 0 Å². The molecule has 0 heterocycles. The third kappa shape index (κ3) is 1.92. The van der Waals surface area contributed by atoms with E-state index in [2.05, 4.69) is 5.32 Å². The Hall–Kier alpha value is -1.64. The molecule has 1 N–H and O–H groups in total. The van der Waals surface area contributed by atoms with Crippen molar-refractivity contribution in [1.82, 2.24) is 0 Å². The van der Waals surface area contributed by atoms with Gasteiger partial charge in [0.25, 0.3) is 0 Å². The largest absolute Gasteiger partial charge is 0.329 e. The zero-order chi connectivity index (χ0) is 8.97. The Bertz CT molecular complexity index is 290. The summed E-state index contributed by atoms with van der Waals surface area (Å²) in [6.45, 7) is 1.50. The molecule has 3 nitrogen and oxygen atoms in total. The highest BCUT2D eigenvalue weighted by Gasteiger charge is 1.97. The summed E-state index contributed by atoms with van der Waals surface area (Å²) in [6, 6.07) is 6.72. The summed E-state index contributed by atoms with van der Waals surface area (Å²) < 4.78 is 0. The van der Waals surface area contributed by atoms with Crippen molar-refractivity contribution in [1.29, 1.82) is 0 Å². The molecule has 0 fully saturated rings. The molecule has 0 aliphatic rings. The molecule has 1 amide bonds. The van der Waals surface area contributed by atoms with E-state index in [1.165, 1.54) is 6.92 Å². The molecule has 3 heteroatoms. The molecule has 0 spiro atoms.